The van der Waals surface area contributed by atoms with Crippen molar-refractivity contribution in [3.63, 3.8) is 0 Å². The van der Waals surface area contributed by atoms with Crippen molar-refractivity contribution in [1.29, 1.82) is 0 Å². The Kier molecular flexibility index (Phi) is 3.55. The number of hydrogen-bond acceptors (Lipinski definition) is 0. The Bertz CT molecular complexity index is 1220. The predicted molar refractivity (Wildman–Crippen MR) is 112 cm³/mol. The van der Waals surface area contributed by atoms with Gasteiger partial charge in [0.25, 0.3) is 0 Å². The van der Waals surface area contributed by atoms with Crippen molar-refractivity contribution in [3.8, 4) is 22.3 Å². The minimum atomic E-state index is 0.760. The largest absolute Gasteiger partial charge is 0.354 e. The zero-order valence-electron chi connectivity index (χ0n) is 14.0. The quantitative estimate of drug-likeness (QED) is 0.342. The number of fused-ring (bicyclic) bond motifs is 3. The van der Waals surface area contributed by atoms with Crippen LogP contribution in [0.15, 0.2) is 91.0 Å². The summed E-state index contributed by atoms with van der Waals surface area (Å²) in [5, 5.41) is 3.12. The topological polar surface area (TPSA) is 15.8 Å². The molecule has 2 heteroatoms. The van der Waals surface area contributed by atoms with E-state index in [1.165, 1.54) is 27.6 Å². The second-order valence-corrected chi connectivity index (χ2v) is 6.92. The first-order valence-electron chi connectivity index (χ1n) is 8.65. The van der Waals surface area contributed by atoms with Gasteiger partial charge in [-0.05, 0) is 34.9 Å². The van der Waals surface area contributed by atoms with Gasteiger partial charge in [-0.25, -0.2) is 0 Å². The van der Waals surface area contributed by atoms with Gasteiger partial charge in [0.05, 0.1) is 5.52 Å². The molecule has 1 N–H and O–H groups in total. The Morgan fingerprint density at radius 1 is 0.577 bits per heavy atom. The van der Waals surface area contributed by atoms with Gasteiger partial charge in [-0.1, -0.05) is 84.4 Å². The molecule has 0 amide bonds. The lowest BCUT2D eigenvalue weighted by Gasteiger charge is -2.06. The fourth-order valence-corrected chi connectivity index (χ4v) is 3.78. The molecule has 5 rings (SSSR count). The van der Waals surface area contributed by atoms with Crippen LogP contribution in [0.5, 0.6) is 0 Å². The molecule has 1 heterocycles. The number of aromatic nitrogens is 1. The van der Waals surface area contributed by atoms with Gasteiger partial charge in [0.1, 0.15) is 0 Å². The molecule has 0 spiro atoms. The molecule has 0 saturated heterocycles. The molecule has 4 aromatic carbocycles. The molecular formula is C24H16ClN. The number of halogens is 1. The van der Waals surface area contributed by atoms with E-state index in [4.69, 9.17) is 11.6 Å². The third-order valence-electron chi connectivity index (χ3n) is 4.90. The van der Waals surface area contributed by atoms with Crippen LogP contribution >= 0.6 is 11.6 Å². The van der Waals surface area contributed by atoms with Crippen molar-refractivity contribution in [2.24, 2.45) is 0 Å². The van der Waals surface area contributed by atoms with Crippen molar-refractivity contribution in [2.45, 2.75) is 0 Å². The van der Waals surface area contributed by atoms with E-state index in [0.29, 0.717) is 0 Å². The Hall–Kier alpha value is -3.03. The van der Waals surface area contributed by atoms with E-state index in [-0.39, 0.29) is 0 Å². The number of rotatable bonds is 2. The average Bonchev–Trinajstić information content (AvgIpc) is 3.07. The fourth-order valence-electron chi connectivity index (χ4n) is 3.61. The molecule has 0 aliphatic carbocycles. The highest BCUT2D eigenvalue weighted by Crippen LogP contribution is 2.34. The van der Waals surface area contributed by atoms with Gasteiger partial charge in [0, 0.05) is 26.9 Å². The highest BCUT2D eigenvalue weighted by molar-refractivity contribution is 6.32. The predicted octanol–water partition coefficient (Wildman–Crippen LogP) is 7.31. The standard InChI is InChI=1S/C24H16ClN/c25-19-13-14-23-22(15-19)21-8-4-7-20(24(21)26-23)18-11-9-17(10-12-18)16-5-2-1-3-6-16/h1-15,26H. The van der Waals surface area contributed by atoms with Crippen LogP contribution in [-0.4, -0.2) is 4.98 Å². The van der Waals surface area contributed by atoms with E-state index in [9.17, 15) is 0 Å². The number of benzene rings is 4. The smallest absolute Gasteiger partial charge is 0.0544 e. The van der Waals surface area contributed by atoms with Crippen LogP contribution in [-0.2, 0) is 0 Å². The van der Waals surface area contributed by atoms with Crippen molar-refractivity contribution in [1.82, 2.24) is 4.98 Å². The average molecular weight is 354 g/mol. The summed E-state index contributed by atoms with van der Waals surface area (Å²) in [6, 6.07) is 31.6. The molecule has 5 aromatic rings. The first kappa shape index (κ1) is 15.2. The van der Waals surface area contributed by atoms with Crippen LogP contribution in [0, 0.1) is 0 Å². The molecule has 1 aromatic heterocycles. The first-order chi connectivity index (χ1) is 12.8. The van der Waals surface area contributed by atoms with Crippen molar-refractivity contribution < 1.29 is 0 Å². The van der Waals surface area contributed by atoms with Crippen LogP contribution in [0.3, 0.4) is 0 Å². The monoisotopic (exact) mass is 353 g/mol. The van der Waals surface area contributed by atoms with Crippen LogP contribution in [0.4, 0.5) is 0 Å². The summed E-state index contributed by atoms with van der Waals surface area (Å²) in [6.07, 6.45) is 0. The summed E-state index contributed by atoms with van der Waals surface area (Å²) in [7, 11) is 0. The highest BCUT2D eigenvalue weighted by Gasteiger charge is 2.10. The minimum absolute atomic E-state index is 0.760. The minimum Gasteiger partial charge on any atom is -0.354 e. The fraction of sp³-hybridized carbons (Fsp3) is 0. The molecule has 1 nitrogen and oxygen atoms in total. The maximum absolute atomic E-state index is 6.19. The third kappa shape index (κ3) is 2.49. The van der Waals surface area contributed by atoms with E-state index in [1.807, 2.05) is 24.3 Å². The summed E-state index contributed by atoms with van der Waals surface area (Å²) < 4.78 is 0. The lowest BCUT2D eigenvalue weighted by molar-refractivity contribution is 1.53. The molecule has 0 fully saturated rings. The molecule has 0 unspecified atom stereocenters. The zero-order chi connectivity index (χ0) is 17.5. The van der Waals surface area contributed by atoms with Crippen LogP contribution < -0.4 is 0 Å². The Morgan fingerprint density at radius 3 is 2.12 bits per heavy atom. The van der Waals surface area contributed by atoms with E-state index in [2.05, 4.69) is 71.7 Å². The summed E-state index contributed by atoms with van der Waals surface area (Å²) in [5.74, 6) is 0. The van der Waals surface area contributed by atoms with Crippen molar-refractivity contribution >= 4 is 33.4 Å². The number of hydrogen-bond donors (Lipinski definition) is 1. The number of nitrogens with one attached hydrogen (secondary N) is 1. The normalized spacial score (nSPS) is 11.3. The molecule has 124 valence electrons. The molecule has 0 atom stereocenters. The first-order valence-corrected chi connectivity index (χ1v) is 9.03. The van der Waals surface area contributed by atoms with Crippen LogP contribution in [0.2, 0.25) is 5.02 Å². The maximum atomic E-state index is 6.19. The molecule has 0 aliphatic heterocycles. The van der Waals surface area contributed by atoms with Gasteiger partial charge in [0.2, 0.25) is 0 Å². The van der Waals surface area contributed by atoms with E-state index < -0.39 is 0 Å². The number of para-hydroxylation sites is 1. The summed E-state index contributed by atoms with van der Waals surface area (Å²) in [6.45, 7) is 0. The lowest BCUT2D eigenvalue weighted by atomic mass is 9.99. The Balaban J connectivity index is 1.66. The zero-order valence-corrected chi connectivity index (χ0v) is 14.8. The van der Waals surface area contributed by atoms with Crippen LogP contribution in [0.1, 0.15) is 0 Å². The second-order valence-electron chi connectivity index (χ2n) is 6.49. The SMILES string of the molecule is Clc1ccc2[nH]c3c(-c4ccc(-c5ccccc5)cc4)cccc3c2c1. The summed E-state index contributed by atoms with van der Waals surface area (Å²) in [5.41, 5.74) is 7.12. The summed E-state index contributed by atoms with van der Waals surface area (Å²) >= 11 is 6.19. The van der Waals surface area contributed by atoms with Gasteiger partial charge in [-0.15, -0.1) is 0 Å². The molecule has 0 aliphatic rings. The van der Waals surface area contributed by atoms with Crippen molar-refractivity contribution in [2.75, 3.05) is 0 Å². The summed E-state index contributed by atoms with van der Waals surface area (Å²) in [4.78, 5) is 3.56. The number of aromatic amines is 1. The maximum Gasteiger partial charge on any atom is 0.0544 e. The van der Waals surface area contributed by atoms with Gasteiger partial charge >= 0.3 is 0 Å². The molecule has 0 radical (unpaired) electrons. The second kappa shape index (κ2) is 6.05. The highest BCUT2D eigenvalue weighted by atomic mass is 35.5. The van der Waals surface area contributed by atoms with E-state index in [1.54, 1.807) is 0 Å². The van der Waals surface area contributed by atoms with Gasteiger partial charge < -0.3 is 4.98 Å². The Labute approximate surface area is 156 Å². The number of H-pyrrole nitrogens is 1. The van der Waals surface area contributed by atoms with E-state index >= 15 is 0 Å². The van der Waals surface area contributed by atoms with Gasteiger partial charge in [0.15, 0.2) is 0 Å². The molecule has 26 heavy (non-hydrogen) atoms. The molecule has 0 bridgehead atoms. The Morgan fingerprint density at radius 2 is 1.31 bits per heavy atom. The third-order valence-corrected chi connectivity index (χ3v) is 5.13. The molecular weight excluding hydrogens is 338 g/mol. The lowest BCUT2D eigenvalue weighted by Crippen LogP contribution is -1.82. The van der Waals surface area contributed by atoms with Gasteiger partial charge in [-0.3, -0.25) is 0 Å². The van der Waals surface area contributed by atoms with Crippen molar-refractivity contribution in [3.05, 3.63) is 96.0 Å². The van der Waals surface area contributed by atoms with E-state index in [0.717, 1.165) is 21.4 Å². The van der Waals surface area contributed by atoms with Gasteiger partial charge in [-0.2, -0.15) is 0 Å². The van der Waals surface area contributed by atoms with Crippen LogP contribution in [0.25, 0.3) is 44.1 Å². The molecule has 0 saturated carbocycles.